The lowest BCUT2D eigenvalue weighted by Gasteiger charge is -2.25. The molecule has 1 fully saturated rings. The molecule has 0 spiro atoms. The van der Waals surface area contributed by atoms with Crippen LogP contribution in [0, 0.1) is 0 Å². The van der Waals surface area contributed by atoms with Crippen LogP contribution in [0.5, 0.6) is 5.75 Å². The first-order valence-corrected chi connectivity index (χ1v) is 7.69. The van der Waals surface area contributed by atoms with Gasteiger partial charge in [-0.2, -0.15) is 0 Å². The lowest BCUT2D eigenvalue weighted by molar-refractivity contribution is 0.361. The third-order valence-corrected chi connectivity index (χ3v) is 4.18. The molecule has 0 bridgehead atoms. The van der Waals surface area contributed by atoms with Gasteiger partial charge in [-0.1, -0.05) is 44.2 Å². The average molecular weight is 261 g/mol. The summed E-state index contributed by atoms with van der Waals surface area (Å²) in [5, 5.41) is 3.80. The highest BCUT2D eigenvalue weighted by Gasteiger charge is 2.15. The summed E-state index contributed by atoms with van der Waals surface area (Å²) >= 11 is 0. The van der Waals surface area contributed by atoms with Crippen molar-refractivity contribution in [3.63, 3.8) is 0 Å². The summed E-state index contributed by atoms with van der Waals surface area (Å²) in [5.41, 5.74) is 1.32. The van der Waals surface area contributed by atoms with Gasteiger partial charge in [-0.3, -0.25) is 0 Å². The first-order chi connectivity index (χ1) is 9.29. The molecule has 1 atom stereocenters. The highest BCUT2D eigenvalue weighted by atomic mass is 16.5. The van der Waals surface area contributed by atoms with Gasteiger partial charge in [-0.25, -0.2) is 0 Å². The van der Waals surface area contributed by atoms with Crippen molar-refractivity contribution in [3.8, 4) is 5.75 Å². The zero-order valence-electron chi connectivity index (χ0n) is 12.3. The smallest absolute Gasteiger partial charge is 0.119 e. The molecule has 1 aromatic rings. The normalized spacial score (nSPS) is 19.5. The number of hydrogen-bond acceptors (Lipinski definition) is 2. The molecule has 0 amide bonds. The molecule has 2 rings (SSSR count). The molecular formula is C17H27NO. The zero-order chi connectivity index (χ0) is 13.5. The Labute approximate surface area is 117 Å². The van der Waals surface area contributed by atoms with E-state index in [-0.39, 0.29) is 0 Å². The predicted molar refractivity (Wildman–Crippen MR) is 80.7 cm³/mol. The minimum absolute atomic E-state index is 0.402. The van der Waals surface area contributed by atoms with Gasteiger partial charge >= 0.3 is 0 Å². The molecule has 0 aromatic heterocycles. The molecule has 1 aliphatic rings. The second kappa shape index (κ2) is 7.54. The Morgan fingerprint density at radius 1 is 1.11 bits per heavy atom. The maximum absolute atomic E-state index is 5.30. The van der Waals surface area contributed by atoms with Crippen molar-refractivity contribution in [3.05, 3.63) is 29.8 Å². The van der Waals surface area contributed by atoms with E-state index < -0.39 is 0 Å². The molecule has 19 heavy (non-hydrogen) atoms. The van der Waals surface area contributed by atoms with Crippen LogP contribution in [0.3, 0.4) is 0 Å². The third-order valence-electron chi connectivity index (χ3n) is 4.18. The van der Waals surface area contributed by atoms with Crippen molar-refractivity contribution >= 4 is 0 Å². The van der Waals surface area contributed by atoms with Crippen LogP contribution in [0.2, 0.25) is 0 Å². The van der Waals surface area contributed by atoms with Crippen molar-refractivity contribution in [1.82, 2.24) is 5.32 Å². The maximum Gasteiger partial charge on any atom is 0.119 e. The Hall–Kier alpha value is -1.02. The second-order valence-corrected chi connectivity index (χ2v) is 5.71. The van der Waals surface area contributed by atoms with Crippen molar-refractivity contribution in [2.24, 2.45) is 0 Å². The molecule has 1 unspecified atom stereocenters. The van der Waals surface area contributed by atoms with Crippen molar-refractivity contribution in [2.75, 3.05) is 7.11 Å². The fourth-order valence-corrected chi connectivity index (χ4v) is 2.98. The summed E-state index contributed by atoms with van der Waals surface area (Å²) in [4.78, 5) is 0. The minimum Gasteiger partial charge on any atom is -0.497 e. The van der Waals surface area contributed by atoms with Crippen LogP contribution in [-0.2, 0) is 0 Å². The van der Waals surface area contributed by atoms with E-state index in [2.05, 4.69) is 30.4 Å². The number of hydrogen-bond donors (Lipinski definition) is 1. The summed E-state index contributed by atoms with van der Waals surface area (Å²) in [5.74, 6) is 0.948. The molecule has 1 aromatic carbocycles. The van der Waals surface area contributed by atoms with Gasteiger partial charge in [-0.05, 0) is 37.5 Å². The predicted octanol–water partition coefficient (Wildman–Crippen LogP) is 4.46. The highest BCUT2D eigenvalue weighted by Crippen LogP contribution is 2.22. The van der Waals surface area contributed by atoms with Gasteiger partial charge in [-0.15, -0.1) is 0 Å². The molecule has 0 aliphatic heterocycles. The van der Waals surface area contributed by atoms with Crippen LogP contribution in [0.15, 0.2) is 24.3 Å². The van der Waals surface area contributed by atoms with Gasteiger partial charge < -0.3 is 10.1 Å². The van der Waals surface area contributed by atoms with Gasteiger partial charge in [0.25, 0.3) is 0 Å². The first-order valence-electron chi connectivity index (χ1n) is 7.69. The van der Waals surface area contributed by atoms with Crippen LogP contribution in [0.4, 0.5) is 0 Å². The second-order valence-electron chi connectivity index (χ2n) is 5.71. The molecule has 0 heterocycles. The molecule has 0 saturated heterocycles. The van der Waals surface area contributed by atoms with Crippen LogP contribution in [0.25, 0.3) is 0 Å². The molecule has 0 radical (unpaired) electrons. The summed E-state index contributed by atoms with van der Waals surface area (Å²) in [6, 6.07) is 9.49. The van der Waals surface area contributed by atoms with E-state index in [1.807, 2.05) is 6.07 Å². The van der Waals surface area contributed by atoms with Crippen molar-refractivity contribution in [1.29, 1.82) is 0 Å². The molecule has 1 saturated carbocycles. The van der Waals surface area contributed by atoms with Crippen LogP contribution in [0.1, 0.15) is 63.5 Å². The molecule has 1 aliphatic carbocycles. The van der Waals surface area contributed by atoms with Gasteiger partial charge in [0.1, 0.15) is 5.75 Å². The van der Waals surface area contributed by atoms with Gasteiger partial charge in [0, 0.05) is 12.1 Å². The standard InChI is InChI=1S/C17H27NO/c1-14(15-9-8-12-17(13-15)19-2)18-16-10-6-4-3-5-7-11-16/h8-9,12-14,16,18H,3-7,10-11H2,1-2H3. The van der Waals surface area contributed by atoms with Crippen LogP contribution in [-0.4, -0.2) is 13.2 Å². The van der Waals surface area contributed by atoms with Gasteiger partial charge in [0.05, 0.1) is 7.11 Å². The largest absolute Gasteiger partial charge is 0.497 e. The highest BCUT2D eigenvalue weighted by molar-refractivity contribution is 5.30. The third kappa shape index (κ3) is 4.54. The molecule has 2 heteroatoms. The lowest BCUT2D eigenvalue weighted by Crippen LogP contribution is -2.32. The monoisotopic (exact) mass is 261 g/mol. The molecule has 106 valence electrons. The minimum atomic E-state index is 0.402. The Morgan fingerprint density at radius 3 is 2.47 bits per heavy atom. The summed E-state index contributed by atoms with van der Waals surface area (Å²) < 4.78 is 5.30. The van der Waals surface area contributed by atoms with E-state index in [0.29, 0.717) is 12.1 Å². The Morgan fingerprint density at radius 2 is 1.79 bits per heavy atom. The van der Waals surface area contributed by atoms with Crippen LogP contribution < -0.4 is 10.1 Å². The lowest BCUT2D eigenvalue weighted by atomic mass is 9.95. The summed E-state index contributed by atoms with van der Waals surface area (Å²) in [6.07, 6.45) is 9.66. The Balaban J connectivity index is 1.92. The molecule has 2 nitrogen and oxygen atoms in total. The van der Waals surface area contributed by atoms with E-state index in [1.54, 1.807) is 7.11 Å². The number of nitrogens with one attached hydrogen (secondary N) is 1. The van der Waals surface area contributed by atoms with Crippen LogP contribution >= 0.6 is 0 Å². The van der Waals surface area contributed by atoms with Gasteiger partial charge in [0.2, 0.25) is 0 Å². The topological polar surface area (TPSA) is 21.3 Å². The number of ether oxygens (including phenoxy) is 1. The summed E-state index contributed by atoms with van der Waals surface area (Å²) in [6.45, 7) is 2.26. The van der Waals surface area contributed by atoms with E-state index in [0.717, 1.165) is 5.75 Å². The first kappa shape index (κ1) is 14.4. The molecular weight excluding hydrogens is 234 g/mol. The Kier molecular flexibility index (Phi) is 5.71. The average Bonchev–Trinajstić information content (AvgIpc) is 2.41. The van der Waals surface area contributed by atoms with E-state index >= 15 is 0 Å². The Bertz CT molecular complexity index is 369. The fourth-order valence-electron chi connectivity index (χ4n) is 2.98. The zero-order valence-corrected chi connectivity index (χ0v) is 12.3. The fraction of sp³-hybridized carbons (Fsp3) is 0.647. The van der Waals surface area contributed by atoms with E-state index in [4.69, 9.17) is 4.74 Å². The number of rotatable bonds is 4. The number of methoxy groups -OCH3 is 1. The maximum atomic E-state index is 5.30. The van der Waals surface area contributed by atoms with Crippen molar-refractivity contribution < 1.29 is 4.74 Å². The van der Waals surface area contributed by atoms with E-state index in [1.165, 1.54) is 50.5 Å². The number of benzene rings is 1. The van der Waals surface area contributed by atoms with Gasteiger partial charge in [0.15, 0.2) is 0 Å². The SMILES string of the molecule is COc1cccc(C(C)NC2CCCCCCC2)c1. The quantitative estimate of drug-likeness (QED) is 0.864. The summed E-state index contributed by atoms with van der Waals surface area (Å²) in [7, 11) is 1.73. The van der Waals surface area contributed by atoms with E-state index in [9.17, 15) is 0 Å². The van der Waals surface area contributed by atoms with Crippen molar-refractivity contribution in [2.45, 2.75) is 64.0 Å². The molecule has 1 N–H and O–H groups in total.